The third-order valence-electron chi connectivity index (χ3n) is 2.21. The molecule has 4 nitrogen and oxygen atoms in total. The zero-order chi connectivity index (χ0) is 14.6. The van der Waals surface area contributed by atoms with E-state index in [1.54, 1.807) is 52.0 Å². The topological polar surface area (TPSA) is 52.6 Å². The standard InChI is InChI=1S/C15H18O4/c1-10(2)13(16)18-11-6-8-12(9-7-11)19-14(17)15(3,4)5/h6-9H,1H2,2-5H3. The van der Waals surface area contributed by atoms with E-state index in [4.69, 9.17) is 9.47 Å². The predicted molar refractivity (Wildman–Crippen MR) is 72.0 cm³/mol. The molecule has 0 aliphatic heterocycles. The maximum Gasteiger partial charge on any atom is 0.338 e. The molecule has 102 valence electrons. The Bertz CT molecular complexity index is 492. The van der Waals surface area contributed by atoms with Gasteiger partial charge in [0.05, 0.1) is 5.41 Å². The molecule has 0 atom stereocenters. The van der Waals surface area contributed by atoms with Gasteiger partial charge in [-0.25, -0.2) is 4.79 Å². The minimum absolute atomic E-state index is 0.320. The van der Waals surface area contributed by atoms with Gasteiger partial charge in [-0.1, -0.05) is 6.58 Å². The van der Waals surface area contributed by atoms with Crippen LogP contribution in [0.15, 0.2) is 36.4 Å². The van der Waals surface area contributed by atoms with Crippen LogP contribution in [-0.2, 0) is 9.59 Å². The van der Waals surface area contributed by atoms with Gasteiger partial charge < -0.3 is 9.47 Å². The van der Waals surface area contributed by atoms with Gasteiger partial charge in [0.15, 0.2) is 0 Å². The van der Waals surface area contributed by atoms with Crippen molar-refractivity contribution < 1.29 is 19.1 Å². The normalized spacial score (nSPS) is 10.7. The number of hydrogen-bond donors (Lipinski definition) is 0. The van der Waals surface area contributed by atoms with Crippen molar-refractivity contribution in [3.8, 4) is 11.5 Å². The van der Waals surface area contributed by atoms with E-state index in [9.17, 15) is 9.59 Å². The maximum atomic E-state index is 11.7. The van der Waals surface area contributed by atoms with Crippen LogP contribution in [0.25, 0.3) is 0 Å². The zero-order valence-electron chi connectivity index (χ0n) is 11.6. The van der Waals surface area contributed by atoms with Crippen LogP contribution in [0.4, 0.5) is 0 Å². The van der Waals surface area contributed by atoms with Gasteiger partial charge in [0.25, 0.3) is 0 Å². The molecule has 0 saturated heterocycles. The maximum absolute atomic E-state index is 11.7. The molecule has 0 amide bonds. The average molecular weight is 262 g/mol. The average Bonchev–Trinajstić information content (AvgIpc) is 2.30. The molecule has 1 aromatic rings. The van der Waals surface area contributed by atoms with Crippen molar-refractivity contribution in [3.05, 3.63) is 36.4 Å². The molecule has 4 heteroatoms. The second-order valence-corrected chi connectivity index (χ2v) is 5.28. The summed E-state index contributed by atoms with van der Waals surface area (Å²) in [6, 6.07) is 6.27. The lowest BCUT2D eigenvalue weighted by molar-refractivity contribution is -0.143. The number of rotatable bonds is 3. The Morgan fingerprint density at radius 3 is 1.79 bits per heavy atom. The molecule has 0 aliphatic rings. The van der Waals surface area contributed by atoms with E-state index < -0.39 is 11.4 Å². The van der Waals surface area contributed by atoms with Crippen molar-refractivity contribution in [2.45, 2.75) is 27.7 Å². The van der Waals surface area contributed by atoms with Crippen molar-refractivity contribution in [1.82, 2.24) is 0 Å². The molecule has 0 N–H and O–H groups in total. The SMILES string of the molecule is C=C(C)C(=O)Oc1ccc(OC(=O)C(C)(C)C)cc1. The summed E-state index contributed by atoms with van der Waals surface area (Å²) in [5.41, 5.74) is -0.242. The second-order valence-electron chi connectivity index (χ2n) is 5.28. The van der Waals surface area contributed by atoms with Gasteiger partial charge in [0.1, 0.15) is 11.5 Å². The van der Waals surface area contributed by atoms with Crippen LogP contribution in [0.2, 0.25) is 0 Å². The third-order valence-corrected chi connectivity index (χ3v) is 2.21. The lowest BCUT2D eigenvalue weighted by Gasteiger charge is -2.16. The van der Waals surface area contributed by atoms with Gasteiger partial charge >= 0.3 is 11.9 Å². The fourth-order valence-corrected chi connectivity index (χ4v) is 1.03. The Morgan fingerprint density at radius 1 is 1.00 bits per heavy atom. The Kier molecular flexibility index (Phi) is 4.48. The lowest BCUT2D eigenvalue weighted by atomic mass is 9.97. The van der Waals surface area contributed by atoms with Crippen LogP contribution in [0.1, 0.15) is 27.7 Å². The van der Waals surface area contributed by atoms with Crippen LogP contribution in [0, 0.1) is 5.41 Å². The summed E-state index contributed by atoms with van der Waals surface area (Å²) in [5.74, 6) is -0.0165. The summed E-state index contributed by atoms with van der Waals surface area (Å²) in [6.07, 6.45) is 0. The number of hydrogen-bond acceptors (Lipinski definition) is 4. The summed E-state index contributed by atoms with van der Waals surface area (Å²) in [5, 5.41) is 0. The Hall–Kier alpha value is -2.10. The monoisotopic (exact) mass is 262 g/mol. The van der Waals surface area contributed by atoms with Crippen molar-refractivity contribution in [2.24, 2.45) is 5.41 Å². The third kappa shape index (κ3) is 4.58. The van der Waals surface area contributed by atoms with Gasteiger partial charge in [-0.05, 0) is 52.0 Å². The Morgan fingerprint density at radius 2 is 1.42 bits per heavy atom. The fourth-order valence-electron chi connectivity index (χ4n) is 1.03. The summed E-state index contributed by atoms with van der Waals surface area (Å²) in [6.45, 7) is 10.4. The van der Waals surface area contributed by atoms with Crippen LogP contribution in [0.5, 0.6) is 11.5 Å². The van der Waals surface area contributed by atoms with Gasteiger partial charge in [-0.15, -0.1) is 0 Å². The zero-order valence-corrected chi connectivity index (χ0v) is 11.6. The van der Waals surface area contributed by atoms with E-state index in [0.29, 0.717) is 17.1 Å². The van der Waals surface area contributed by atoms with Crippen molar-refractivity contribution in [3.63, 3.8) is 0 Å². The Balaban J connectivity index is 2.70. The first-order valence-electron chi connectivity index (χ1n) is 5.90. The first-order chi connectivity index (χ1) is 8.70. The van der Waals surface area contributed by atoms with Crippen LogP contribution in [0.3, 0.4) is 0 Å². The first kappa shape index (κ1) is 15.0. The lowest BCUT2D eigenvalue weighted by Crippen LogP contribution is -2.25. The molecule has 0 fully saturated rings. The summed E-state index contributed by atoms with van der Waals surface area (Å²) in [7, 11) is 0. The van der Waals surface area contributed by atoms with Crippen molar-refractivity contribution in [2.75, 3.05) is 0 Å². The quantitative estimate of drug-likeness (QED) is 0.477. The number of esters is 2. The molecule has 1 aromatic carbocycles. The molecule has 19 heavy (non-hydrogen) atoms. The number of ether oxygens (including phenoxy) is 2. The predicted octanol–water partition coefficient (Wildman–Crippen LogP) is 3.12. The molecule has 0 aliphatic carbocycles. The summed E-state index contributed by atoms with van der Waals surface area (Å²) in [4.78, 5) is 23.0. The molecular weight excluding hydrogens is 244 g/mol. The van der Waals surface area contributed by atoms with E-state index >= 15 is 0 Å². The van der Waals surface area contributed by atoms with E-state index in [-0.39, 0.29) is 5.97 Å². The van der Waals surface area contributed by atoms with Gasteiger partial charge in [0, 0.05) is 5.57 Å². The van der Waals surface area contributed by atoms with Crippen molar-refractivity contribution in [1.29, 1.82) is 0 Å². The number of carbonyl (C=O) groups is 2. The molecule has 0 spiro atoms. The summed E-state index contributed by atoms with van der Waals surface area (Å²) < 4.78 is 10.2. The molecule has 0 radical (unpaired) electrons. The van der Waals surface area contributed by atoms with Crippen LogP contribution in [-0.4, -0.2) is 11.9 Å². The van der Waals surface area contributed by atoms with Crippen molar-refractivity contribution >= 4 is 11.9 Å². The highest BCUT2D eigenvalue weighted by Crippen LogP contribution is 2.22. The van der Waals surface area contributed by atoms with E-state index in [1.165, 1.54) is 0 Å². The highest BCUT2D eigenvalue weighted by Gasteiger charge is 2.23. The summed E-state index contributed by atoms with van der Waals surface area (Å²) >= 11 is 0. The van der Waals surface area contributed by atoms with Crippen LogP contribution >= 0.6 is 0 Å². The highest BCUT2D eigenvalue weighted by molar-refractivity contribution is 5.88. The molecule has 0 saturated carbocycles. The smallest absolute Gasteiger partial charge is 0.338 e. The van der Waals surface area contributed by atoms with Crippen LogP contribution < -0.4 is 9.47 Å². The molecule has 1 rings (SSSR count). The Labute approximate surface area is 113 Å². The van der Waals surface area contributed by atoms with Gasteiger partial charge in [-0.2, -0.15) is 0 Å². The van der Waals surface area contributed by atoms with Gasteiger partial charge in [-0.3, -0.25) is 4.79 Å². The minimum atomic E-state index is -0.564. The van der Waals surface area contributed by atoms with E-state index in [2.05, 4.69) is 6.58 Å². The molecule has 0 aromatic heterocycles. The largest absolute Gasteiger partial charge is 0.426 e. The molecule has 0 bridgehead atoms. The number of carbonyl (C=O) groups excluding carboxylic acids is 2. The molecular formula is C15H18O4. The second kappa shape index (κ2) is 5.69. The molecule has 0 heterocycles. The van der Waals surface area contributed by atoms with Gasteiger partial charge in [0.2, 0.25) is 0 Å². The highest BCUT2D eigenvalue weighted by atomic mass is 16.5. The first-order valence-corrected chi connectivity index (χ1v) is 5.90. The van der Waals surface area contributed by atoms with E-state index in [0.717, 1.165) is 0 Å². The minimum Gasteiger partial charge on any atom is -0.426 e. The number of benzene rings is 1. The van der Waals surface area contributed by atoms with E-state index in [1.807, 2.05) is 0 Å². The fraction of sp³-hybridized carbons (Fsp3) is 0.333. The molecule has 0 unspecified atom stereocenters.